The molecule has 0 radical (unpaired) electrons. The Labute approximate surface area is 83.0 Å². The zero-order valence-corrected chi connectivity index (χ0v) is 7.70. The Morgan fingerprint density at radius 2 is 2.14 bits per heavy atom. The molecule has 0 bridgehead atoms. The summed E-state index contributed by atoms with van der Waals surface area (Å²) in [5, 5.41) is 17.1. The van der Waals surface area contributed by atoms with Gasteiger partial charge in [0, 0.05) is 13.0 Å². The van der Waals surface area contributed by atoms with Crippen LogP contribution in [0.5, 0.6) is 0 Å². The second kappa shape index (κ2) is 5.75. The van der Waals surface area contributed by atoms with E-state index >= 15 is 0 Å². The summed E-state index contributed by atoms with van der Waals surface area (Å²) in [6, 6.07) is 7.10. The molecule has 0 aliphatic carbocycles. The summed E-state index contributed by atoms with van der Waals surface area (Å²) in [5.74, 6) is 5.70. The van der Waals surface area contributed by atoms with Crippen LogP contribution in [0.4, 0.5) is 0 Å². The first kappa shape index (κ1) is 10.2. The van der Waals surface area contributed by atoms with Gasteiger partial charge in [-0.05, 0) is 24.5 Å². The molecule has 0 amide bonds. The second-order valence-corrected chi connectivity index (χ2v) is 2.65. The van der Waals surface area contributed by atoms with Gasteiger partial charge in [0.1, 0.15) is 17.5 Å². The first-order chi connectivity index (χ1) is 6.86. The number of nitriles is 1. The molecule has 1 N–H and O–H groups in total. The Morgan fingerprint density at radius 3 is 2.86 bits per heavy atom. The van der Waals surface area contributed by atoms with E-state index in [1.807, 2.05) is 6.07 Å². The summed E-state index contributed by atoms with van der Waals surface area (Å²) >= 11 is 0. The van der Waals surface area contributed by atoms with Gasteiger partial charge in [0.15, 0.2) is 0 Å². The van der Waals surface area contributed by atoms with Crippen LogP contribution in [0.3, 0.4) is 0 Å². The van der Waals surface area contributed by atoms with Crippen LogP contribution < -0.4 is 0 Å². The highest BCUT2D eigenvalue weighted by molar-refractivity contribution is 5.31. The average molecular weight is 186 g/mol. The van der Waals surface area contributed by atoms with Crippen LogP contribution in [-0.2, 0) is 0 Å². The third kappa shape index (κ3) is 3.26. The number of pyridine rings is 1. The van der Waals surface area contributed by atoms with Crippen LogP contribution in [-0.4, -0.2) is 16.7 Å². The fourth-order valence-corrected chi connectivity index (χ4v) is 0.887. The summed E-state index contributed by atoms with van der Waals surface area (Å²) < 4.78 is 0. The third-order valence-electron chi connectivity index (χ3n) is 1.54. The van der Waals surface area contributed by atoms with Gasteiger partial charge in [0.2, 0.25) is 0 Å². The minimum atomic E-state index is 0.153. The van der Waals surface area contributed by atoms with Gasteiger partial charge in [-0.25, -0.2) is 4.98 Å². The fraction of sp³-hybridized carbons (Fsp3) is 0.273. The summed E-state index contributed by atoms with van der Waals surface area (Å²) in [6.07, 6.45) is 1.32. The Morgan fingerprint density at radius 1 is 1.36 bits per heavy atom. The van der Waals surface area contributed by atoms with Crippen LogP contribution in [0.1, 0.15) is 24.2 Å². The number of unbranched alkanes of at least 4 members (excludes halogenated alkanes) is 1. The number of aliphatic hydroxyl groups excluding tert-OH is 1. The molecule has 70 valence electrons. The lowest BCUT2D eigenvalue weighted by atomic mass is 10.3. The lowest BCUT2D eigenvalue weighted by molar-refractivity contribution is 0.290. The number of hydrogen-bond donors (Lipinski definition) is 1. The van der Waals surface area contributed by atoms with E-state index in [1.54, 1.807) is 18.2 Å². The molecule has 0 aromatic carbocycles. The Bertz CT molecular complexity index is 396. The summed E-state index contributed by atoms with van der Waals surface area (Å²) in [4.78, 5) is 3.99. The average Bonchev–Trinajstić information content (AvgIpc) is 2.25. The highest BCUT2D eigenvalue weighted by Crippen LogP contribution is 1.96. The van der Waals surface area contributed by atoms with Crippen LogP contribution in [0.2, 0.25) is 0 Å². The van der Waals surface area contributed by atoms with Gasteiger partial charge < -0.3 is 5.11 Å². The molecule has 1 aromatic heterocycles. The molecule has 1 heterocycles. The lowest BCUT2D eigenvalue weighted by Crippen LogP contribution is -1.86. The van der Waals surface area contributed by atoms with Gasteiger partial charge in [-0.2, -0.15) is 5.26 Å². The normalized spacial score (nSPS) is 8.57. The van der Waals surface area contributed by atoms with Crippen molar-refractivity contribution in [3.8, 4) is 17.9 Å². The van der Waals surface area contributed by atoms with E-state index in [-0.39, 0.29) is 6.61 Å². The number of aliphatic hydroxyl groups is 1. The Balaban J connectivity index is 2.66. The number of hydrogen-bond acceptors (Lipinski definition) is 3. The first-order valence-corrected chi connectivity index (χ1v) is 4.33. The Kier molecular flexibility index (Phi) is 4.20. The van der Waals surface area contributed by atoms with Gasteiger partial charge in [-0.3, -0.25) is 0 Å². The number of rotatable bonds is 2. The summed E-state index contributed by atoms with van der Waals surface area (Å²) in [6.45, 7) is 0.153. The number of nitrogens with zero attached hydrogens (tertiary/aromatic N) is 2. The van der Waals surface area contributed by atoms with Gasteiger partial charge in [-0.1, -0.05) is 12.0 Å². The van der Waals surface area contributed by atoms with Crippen molar-refractivity contribution in [2.24, 2.45) is 0 Å². The largest absolute Gasteiger partial charge is 0.396 e. The first-order valence-electron chi connectivity index (χ1n) is 4.33. The summed E-state index contributed by atoms with van der Waals surface area (Å²) in [5.41, 5.74) is 0.973. The van der Waals surface area contributed by atoms with Gasteiger partial charge in [0.25, 0.3) is 0 Å². The molecule has 0 aliphatic rings. The van der Waals surface area contributed by atoms with Crippen LogP contribution in [0.15, 0.2) is 18.2 Å². The predicted octanol–water partition coefficient (Wildman–Crippen LogP) is 1.08. The maximum absolute atomic E-state index is 8.58. The molecule has 0 saturated carbocycles. The molecule has 0 fully saturated rings. The van der Waals surface area contributed by atoms with E-state index in [1.165, 1.54) is 0 Å². The van der Waals surface area contributed by atoms with Crippen molar-refractivity contribution in [1.29, 1.82) is 5.26 Å². The van der Waals surface area contributed by atoms with Gasteiger partial charge in [0.05, 0.1) is 0 Å². The summed E-state index contributed by atoms with van der Waals surface area (Å²) in [7, 11) is 0. The van der Waals surface area contributed by atoms with Crippen LogP contribution >= 0.6 is 0 Å². The highest BCUT2D eigenvalue weighted by atomic mass is 16.2. The maximum Gasteiger partial charge on any atom is 0.141 e. The molecule has 3 nitrogen and oxygen atoms in total. The molecule has 0 atom stereocenters. The van der Waals surface area contributed by atoms with Gasteiger partial charge in [-0.15, -0.1) is 0 Å². The molecule has 0 aliphatic heterocycles. The van der Waals surface area contributed by atoms with E-state index < -0.39 is 0 Å². The van der Waals surface area contributed by atoms with Crippen molar-refractivity contribution in [2.45, 2.75) is 12.8 Å². The van der Waals surface area contributed by atoms with Gasteiger partial charge >= 0.3 is 0 Å². The number of aromatic nitrogens is 1. The predicted molar refractivity (Wildman–Crippen MR) is 52.1 cm³/mol. The second-order valence-electron chi connectivity index (χ2n) is 2.65. The van der Waals surface area contributed by atoms with Crippen molar-refractivity contribution >= 4 is 0 Å². The monoisotopic (exact) mass is 186 g/mol. The fourth-order valence-electron chi connectivity index (χ4n) is 0.887. The van der Waals surface area contributed by atoms with Crippen molar-refractivity contribution in [3.05, 3.63) is 29.6 Å². The van der Waals surface area contributed by atoms with Crippen LogP contribution in [0, 0.1) is 23.2 Å². The maximum atomic E-state index is 8.58. The van der Waals surface area contributed by atoms with Crippen molar-refractivity contribution in [2.75, 3.05) is 6.61 Å². The molecule has 3 heteroatoms. The van der Waals surface area contributed by atoms with E-state index in [0.717, 1.165) is 0 Å². The molecule has 0 unspecified atom stereocenters. The molecule has 1 aromatic rings. The van der Waals surface area contributed by atoms with Crippen LogP contribution in [0.25, 0.3) is 0 Å². The zero-order valence-electron chi connectivity index (χ0n) is 7.70. The zero-order chi connectivity index (χ0) is 10.2. The molecule has 0 saturated heterocycles. The van der Waals surface area contributed by atoms with Crippen molar-refractivity contribution < 1.29 is 5.11 Å². The molecule has 0 spiro atoms. The van der Waals surface area contributed by atoms with Crippen molar-refractivity contribution in [1.82, 2.24) is 4.98 Å². The molecular weight excluding hydrogens is 176 g/mol. The van der Waals surface area contributed by atoms with Crippen molar-refractivity contribution in [3.63, 3.8) is 0 Å². The lowest BCUT2D eigenvalue weighted by Gasteiger charge is -1.89. The smallest absolute Gasteiger partial charge is 0.141 e. The standard InChI is InChI=1S/C11H10N2O/c12-9-11-7-4-6-10(13-11)5-2-1-3-8-14/h4,6-7,14H,1,3,8H2. The van der Waals surface area contributed by atoms with E-state index in [2.05, 4.69) is 16.8 Å². The third-order valence-corrected chi connectivity index (χ3v) is 1.54. The minimum Gasteiger partial charge on any atom is -0.396 e. The van der Waals surface area contributed by atoms with E-state index in [0.29, 0.717) is 24.2 Å². The highest BCUT2D eigenvalue weighted by Gasteiger charge is 1.91. The minimum absolute atomic E-state index is 0.153. The topological polar surface area (TPSA) is 56.9 Å². The Hall–Kier alpha value is -1.84. The van der Waals surface area contributed by atoms with E-state index in [4.69, 9.17) is 10.4 Å². The molecule has 1 rings (SSSR count). The van der Waals surface area contributed by atoms with E-state index in [9.17, 15) is 0 Å². The molecule has 14 heavy (non-hydrogen) atoms. The molecular formula is C11H10N2O. The SMILES string of the molecule is N#Cc1cccc(C#CCCCO)n1. The quantitative estimate of drug-likeness (QED) is 0.555.